The average Bonchev–Trinajstić information content (AvgIpc) is 2.48. The normalized spacial score (nSPS) is 10.7. The Morgan fingerprint density at radius 3 is 2.55 bits per heavy atom. The summed E-state index contributed by atoms with van der Waals surface area (Å²) in [6.45, 7) is 0. The maximum atomic E-state index is 11.8. The predicted molar refractivity (Wildman–Crippen MR) is 81.4 cm³/mol. The van der Waals surface area contributed by atoms with E-state index >= 15 is 0 Å². The summed E-state index contributed by atoms with van der Waals surface area (Å²) < 4.78 is 0. The summed E-state index contributed by atoms with van der Waals surface area (Å²) in [5.74, 6) is -0.510. The molecule has 0 radical (unpaired) electrons. The summed E-state index contributed by atoms with van der Waals surface area (Å²) in [7, 11) is 0. The van der Waals surface area contributed by atoms with Crippen LogP contribution in [0.5, 0.6) is 5.75 Å². The van der Waals surface area contributed by atoms with Gasteiger partial charge in [0, 0.05) is 4.90 Å². The van der Waals surface area contributed by atoms with Crippen LogP contribution in [-0.2, 0) is 0 Å². The van der Waals surface area contributed by atoms with Crippen molar-refractivity contribution in [1.29, 1.82) is 0 Å². The van der Waals surface area contributed by atoms with Gasteiger partial charge in [0.15, 0.2) is 0 Å². The number of aromatic hydroxyl groups is 1. The number of amides is 1. The van der Waals surface area contributed by atoms with Gasteiger partial charge in [-0.15, -0.1) is 11.8 Å². The molecule has 0 saturated carbocycles. The number of rotatable bonds is 4. The molecule has 2 aromatic rings. The molecule has 2 aromatic carbocycles. The van der Waals surface area contributed by atoms with Crippen LogP contribution in [0.1, 0.15) is 15.9 Å². The molecule has 5 heteroatoms. The number of nitrogens with one attached hydrogen (secondary N) is 1. The van der Waals surface area contributed by atoms with Crippen LogP contribution in [0.2, 0.25) is 0 Å². The predicted octanol–water partition coefficient (Wildman–Crippen LogP) is 2.88. The molecule has 0 bridgehead atoms. The molecule has 0 aliphatic carbocycles. The van der Waals surface area contributed by atoms with Crippen molar-refractivity contribution in [3.63, 3.8) is 0 Å². The lowest BCUT2D eigenvalue weighted by atomic mass is 10.2. The standard InChI is InChI=1S/C15H14N2O2S/c1-20-12-8-6-11(7-9-12)10-16-17-15(19)13-4-2-3-5-14(13)18/h2-10,18H,1H3,(H,17,19). The summed E-state index contributed by atoms with van der Waals surface area (Å²) in [5.41, 5.74) is 3.47. The second kappa shape index (κ2) is 6.77. The van der Waals surface area contributed by atoms with Gasteiger partial charge < -0.3 is 5.11 Å². The summed E-state index contributed by atoms with van der Waals surface area (Å²) in [6, 6.07) is 14.1. The maximum Gasteiger partial charge on any atom is 0.275 e. The van der Waals surface area contributed by atoms with Crippen molar-refractivity contribution < 1.29 is 9.90 Å². The van der Waals surface area contributed by atoms with E-state index in [1.165, 1.54) is 17.0 Å². The van der Waals surface area contributed by atoms with Crippen molar-refractivity contribution in [3.05, 3.63) is 59.7 Å². The van der Waals surface area contributed by atoms with Crippen LogP contribution in [0.4, 0.5) is 0 Å². The number of nitrogens with zero attached hydrogens (tertiary/aromatic N) is 1. The van der Waals surface area contributed by atoms with Crippen LogP contribution in [0.15, 0.2) is 58.5 Å². The smallest absolute Gasteiger partial charge is 0.275 e. The molecule has 4 nitrogen and oxygen atoms in total. The van der Waals surface area contributed by atoms with Crippen LogP contribution in [-0.4, -0.2) is 23.5 Å². The zero-order chi connectivity index (χ0) is 14.4. The van der Waals surface area contributed by atoms with Gasteiger partial charge in [-0.05, 0) is 36.1 Å². The Morgan fingerprint density at radius 1 is 1.20 bits per heavy atom. The first-order valence-electron chi connectivity index (χ1n) is 5.96. The Kier molecular flexibility index (Phi) is 4.79. The molecular formula is C15H14N2O2S. The van der Waals surface area contributed by atoms with E-state index in [-0.39, 0.29) is 11.3 Å². The van der Waals surface area contributed by atoms with Crippen molar-refractivity contribution in [3.8, 4) is 5.75 Å². The third-order valence-corrected chi connectivity index (χ3v) is 3.39. The molecule has 0 aliphatic heterocycles. The van der Waals surface area contributed by atoms with Crippen molar-refractivity contribution in [2.75, 3.05) is 6.26 Å². The van der Waals surface area contributed by atoms with Crippen molar-refractivity contribution in [2.24, 2.45) is 5.10 Å². The molecule has 20 heavy (non-hydrogen) atoms. The molecule has 102 valence electrons. The van der Waals surface area contributed by atoms with Crippen molar-refractivity contribution in [2.45, 2.75) is 4.90 Å². The third kappa shape index (κ3) is 3.61. The number of hydrogen-bond donors (Lipinski definition) is 2. The minimum Gasteiger partial charge on any atom is -0.507 e. The van der Waals surface area contributed by atoms with Gasteiger partial charge in [-0.3, -0.25) is 4.79 Å². The fraction of sp³-hybridized carbons (Fsp3) is 0.0667. The summed E-state index contributed by atoms with van der Waals surface area (Å²) in [5, 5.41) is 13.4. The van der Waals surface area contributed by atoms with E-state index in [1.807, 2.05) is 30.5 Å². The molecule has 0 atom stereocenters. The number of carbonyl (C=O) groups excluding carboxylic acids is 1. The maximum absolute atomic E-state index is 11.8. The van der Waals surface area contributed by atoms with Crippen LogP contribution >= 0.6 is 11.8 Å². The first kappa shape index (κ1) is 14.1. The van der Waals surface area contributed by atoms with Crippen molar-refractivity contribution >= 4 is 23.9 Å². The van der Waals surface area contributed by atoms with Crippen LogP contribution in [0.3, 0.4) is 0 Å². The van der Waals surface area contributed by atoms with Gasteiger partial charge in [-0.1, -0.05) is 24.3 Å². The molecule has 2 rings (SSSR count). The molecule has 0 fully saturated rings. The molecule has 1 amide bonds. The molecule has 0 heterocycles. The van der Waals surface area contributed by atoms with Gasteiger partial charge in [-0.2, -0.15) is 5.10 Å². The van der Waals surface area contributed by atoms with E-state index in [4.69, 9.17) is 0 Å². The third-order valence-electron chi connectivity index (χ3n) is 2.64. The number of phenols is 1. The average molecular weight is 286 g/mol. The lowest BCUT2D eigenvalue weighted by Crippen LogP contribution is -2.17. The minimum absolute atomic E-state index is 0.0653. The quantitative estimate of drug-likeness (QED) is 0.516. The minimum atomic E-state index is -0.444. The Balaban J connectivity index is 1.99. The second-order valence-electron chi connectivity index (χ2n) is 3.99. The van der Waals surface area contributed by atoms with Gasteiger partial charge in [0.05, 0.1) is 11.8 Å². The van der Waals surface area contributed by atoms with Gasteiger partial charge in [-0.25, -0.2) is 5.43 Å². The van der Waals surface area contributed by atoms with E-state index < -0.39 is 5.91 Å². The summed E-state index contributed by atoms with van der Waals surface area (Å²) in [4.78, 5) is 12.9. The summed E-state index contributed by atoms with van der Waals surface area (Å²) >= 11 is 1.66. The van der Waals surface area contributed by atoms with Gasteiger partial charge in [0.1, 0.15) is 5.75 Å². The first-order valence-corrected chi connectivity index (χ1v) is 7.18. The number of carbonyl (C=O) groups is 1. The number of hydrazone groups is 1. The number of para-hydroxylation sites is 1. The van der Waals surface area contributed by atoms with Crippen LogP contribution in [0, 0.1) is 0 Å². The zero-order valence-electron chi connectivity index (χ0n) is 10.9. The van der Waals surface area contributed by atoms with Crippen LogP contribution in [0.25, 0.3) is 0 Å². The highest BCUT2D eigenvalue weighted by molar-refractivity contribution is 7.98. The SMILES string of the molecule is CSc1ccc(C=NNC(=O)c2ccccc2O)cc1. The highest BCUT2D eigenvalue weighted by atomic mass is 32.2. The van der Waals surface area contributed by atoms with E-state index in [2.05, 4.69) is 10.5 Å². The summed E-state index contributed by atoms with van der Waals surface area (Å²) in [6.07, 6.45) is 3.57. The molecule has 2 N–H and O–H groups in total. The van der Waals surface area contributed by atoms with E-state index in [9.17, 15) is 9.90 Å². The van der Waals surface area contributed by atoms with Crippen LogP contribution < -0.4 is 5.43 Å². The van der Waals surface area contributed by atoms with E-state index in [1.54, 1.807) is 30.1 Å². The van der Waals surface area contributed by atoms with E-state index in [0.29, 0.717) is 0 Å². The molecule has 0 aromatic heterocycles. The van der Waals surface area contributed by atoms with Gasteiger partial charge in [0.2, 0.25) is 0 Å². The number of thioether (sulfide) groups is 1. The number of hydrogen-bond acceptors (Lipinski definition) is 4. The zero-order valence-corrected chi connectivity index (χ0v) is 11.7. The molecule has 0 spiro atoms. The largest absolute Gasteiger partial charge is 0.507 e. The second-order valence-corrected chi connectivity index (χ2v) is 4.87. The first-order chi connectivity index (χ1) is 9.70. The number of benzene rings is 2. The molecular weight excluding hydrogens is 272 g/mol. The molecule has 0 aliphatic rings. The van der Waals surface area contributed by atoms with Gasteiger partial charge >= 0.3 is 0 Å². The Bertz CT molecular complexity index is 624. The Morgan fingerprint density at radius 2 is 1.90 bits per heavy atom. The van der Waals surface area contributed by atoms with E-state index in [0.717, 1.165) is 5.56 Å². The molecule has 0 saturated heterocycles. The topological polar surface area (TPSA) is 61.7 Å². The molecule has 0 unspecified atom stereocenters. The lowest BCUT2D eigenvalue weighted by molar-refractivity contribution is 0.0952. The van der Waals surface area contributed by atoms with Gasteiger partial charge in [0.25, 0.3) is 5.91 Å². The van der Waals surface area contributed by atoms with Crippen molar-refractivity contribution in [1.82, 2.24) is 5.43 Å². The fourth-order valence-electron chi connectivity index (χ4n) is 1.58. The highest BCUT2D eigenvalue weighted by Gasteiger charge is 2.08. The Labute approximate surface area is 121 Å². The number of phenolic OH excluding ortho intramolecular Hbond substituents is 1. The fourth-order valence-corrected chi connectivity index (χ4v) is 1.99. The highest BCUT2D eigenvalue weighted by Crippen LogP contribution is 2.15. The monoisotopic (exact) mass is 286 g/mol. The Hall–Kier alpha value is -2.27. The lowest BCUT2D eigenvalue weighted by Gasteiger charge is -2.02.